The smallest absolute Gasteiger partial charge is 0.332 e. The Bertz CT molecular complexity index is 1120. The van der Waals surface area contributed by atoms with Crippen LogP contribution < -0.4 is 21.7 Å². The van der Waals surface area contributed by atoms with Crippen molar-refractivity contribution in [3.63, 3.8) is 0 Å². The highest BCUT2D eigenvalue weighted by Crippen LogP contribution is 2.18. The number of carbonyl (C=O) groups is 2. The molecule has 1 aromatic heterocycles. The van der Waals surface area contributed by atoms with Crippen LogP contribution in [0.2, 0.25) is 0 Å². The molecule has 0 spiro atoms. The lowest BCUT2D eigenvalue weighted by molar-refractivity contribution is -0.136. The van der Waals surface area contributed by atoms with Gasteiger partial charge < -0.3 is 15.2 Å². The second-order valence-corrected chi connectivity index (χ2v) is 6.32. The minimum absolute atomic E-state index is 0.0592. The molecule has 0 bridgehead atoms. The molecule has 0 aliphatic rings. The molecule has 0 saturated heterocycles. The van der Waals surface area contributed by atoms with Gasteiger partial charge in [-0.05, 0) is 30.2 Å². The minimum Gasteiger partial charge on any atom is -0.494 e. The second-order valence-electron chi connectivity index (χ2n) is 6.32. The molecule has 0 aliphatic carbocycles. The second kappa shape index (κ2) is 9.68. The molecule has 0 atom stereocenters. The Balaban J connectivity index is 2.14. The van der Waals surface area contributed by atoms with Crippen LogP contribution in [0.1, 0.15) is 29.3 Å². The van der Waals surface area contributed by atoms with Gasteiger partial charge in [0.25, 0.3) is 5.56 Å². The Morgan fingerprint density at radius 1 is 1.27 bits per heavy atom. The molecule has 0 unspecified atom stereocenters. The van der Waals surface area contributed by atoms with Crippen LogP contribution in [0.15, 0.2) is 33.9 Å². The molecular weight excluding hydrogens is 397 g/mol. The number of aromatic nitrogens is 2. The van der Waals surface area contributed by atoms with E-state index in [-0.39, 0.29) is 18.1 Å². The predicted octanol–water partition coefficient (Wildman–Crippen LogP) is 1.13. The predicted molar refractivity (Wildman–Crippen MR) is 108 cm³/mol. The van der Waals surface area contributed by atoms with Crippen molar-refractivity contribution in [3.8, 4) is 5.75 Å². The highest BCUT2D eigenvalue weighted by molar-refractivity contribution is 6.01. The minimum atomic E-state index is -0.878. The Labute approximate surface area is 171 Å². The molecule has 30 heavy (non-hydrogen) atoms. The molecule has 10 heteroatoms. The number of ether oxygens (including phenoxy) is 2. The van der Waals surface area contributed by atoms with Gasteiger partial charge in [-0.3, -0.25) is 18.7 Å². The average Bonchev–Trinajstić information content (AvgIpc) is 2.72. The summed E-state index contributed by atoms with van der Waals surface area (Å²) in [7, 11) is 2.56. The summed E-state index contributed by atoms with van der Waals surface area (Å²) < 4.78 is 25.2. The topological polar surface area (TPSA) is 123 Å². The van der Waals surface area contributed by atoms with Crippen molar-refractivity contribution in [1.82, 2.24) is 9.13 Å². The zero-order valence-corrected chi connectivity index (χ0v) is 16.8. The number of Topliss-reactive ketones (excluding diaryl/α,β-unsaturated/α-hetero) is 1. The first-order chi connectivity index (χ1) is 14.2. The van der Waals surface area contributed by atoms with E-state index in [0.717, 1.165) is 21.3 Å². The third kappa shape index (κ3) is 4.83. The van der Waals surface area contributed by atoms with Crippen LogP contribution in [0.25, 0.3) is 6.08 Å². The van der Waals surface area contributed by atoms with Gasteiger partial charge in [-0.15, -0.1) is 0 Å². The van der Waals surface area contributed by atoms with E-state index in [1.807, 2.05) is 0 Å². The maximum absolute atomic E-state index is 13.7. The van der Waals surface area contributed by atoms with Crippen LogP contribution in [0, 0.1) is 5.82 Å². The van der Waals surface area contributed by atoms with Gasteiger partial charge in [0.2, 0.25) is 5.78 Å². The highest BCUT2D eigenvalue weighted by Gasteiger charge is 2.22. The van der Waals surface area contributed by atoms with Gasteiger partial charge in [0.1, 0.15) is 11.4 Å². The lowest BCUT2D eigenvalue weighted by Crippen LogP contribution is -2.43. The van der Waals surface area contributed by atoms with Gasteiger partial charge in [-0.25, -0.2) is 14.0 Å². The van der Waals surface area contributed by atoms with E-state index in [0.29, 0.717) is 12.0 Å². The number of esters is 1. The van der Waals surface area contributed by atoms with Crippen LogP contribution >= 0.6 is 0 Å². The number of hydrogen-bond donors (Lipinski definition) is 1. The van der Waals surface area contributed by atoms with Crippen LogP contribution in [-0.2, 0) is 23.1 Å². The number of carbonyl (C=O) groups excluding carboxylic acids is 2. The fraction of sp³-hybridized carbons (Fsp3) is 0.300. The molecule has 0 saturated carbocycles. The molecule has 2 rings (SSSR count). The van der Waals surface area contributed by atoms with E-state index in [2.05, 4.69) is 0 Å². The molecule has 0 fully saturated rings. The SMILES string of the molecule is CCCn1c(N)c(C(=O)COC(=O)/C=C/c2ccc(OC)c(F)c2)c(=O)n(C)c1=O. The van der Waals surface area contributed by atoms with Crippen molar-refractivity contribution in [2.45, 2.75) is 19.9 Å². The maximum atomic E-state index is 13.7. The zero-order chi connectivity index (χ0) is 22.4. The fourth-order valence-corrected chi connectivity index (χ4v) is 2.69. The number of nitrogens with two attached hydrogens (primary N) is 1. The van der Waals surface area contributed by atoms with Crippen LogP contribution in [0.5, 0.6) is 5.75 Å². The molecule has 160 valence electrons. The number of nitrogen functional groups attached to an aromatic ring is 1. The van der Waals surface area contributed by atoms with Crippen molar-refractivity contribution >= 4 is 23.6 Å². The maximum Gasteiger partial charge on any atom is 0.332 e. The normalized spacial score (nSPS) is 10.9. The summed E-state index contributed by atoms with van der Waals surface area (Å²) in [6.45, 7) is 1.28. The summed E-state index contributed by atoms with van der Waals surface area (Å²) in [6, 6.07) is 4.08. The van der Waals surface area contributed by atoms with Gasteiger partial charge in [-0.2, -0.15) is 0 Å². The van der Waals surface area contributed by atoms with Gasteiger partial charge in [0.05, 0.1) is 7.11 Å². The summed E-state index contributed by atoms with van der Waals surface area (Å²) >= 11 is 0. The first-order valence-electron chi connectivity index (χ1n) is 9.02. The summed E-state index contributed by atoms with van der Waals surface area (Å²) in [5, 5.41) is 0. The first-order valence-corrected chi connectivity index (χ1v) is 9.02. The van der Waals surface area contributed by atoms with Crippen LogP contribution in [0.3, 0.4) is 0 Å². The van der Waals surface area contributed by atoms with Crippen LogP contribution in [-0.4, -0.2) is 34.6 Å². The Kier molecular flexibility index (Phi) is 7.29. The monoisotopic (exact) mass is 419 g/mol. The summed E-state index contributed by atoms with van der Waals surface area (Å²) in [5.41, 5.74) is 4.31. The summed E-state index contributed by atoms with van der Waals surface area (Å²) in [4.78, 5) is 48.7. The number of ketones is 1. The van der Waals surface area contributed by atoms with Gasteiger partial charge in [0, 0.05) is 19.7 Å². The molecule has 1 heterocycles. The third-order valence-corrected chi connectivity index (χ3v) is 4.24. The Hall–Kier alpha value is -3.69. The zero-order valence-electron chi connectivity index (χ0n) is 16.8. The Morgan fingerprint density at radius 3 is 2.57 bits per heavy atom. The quantitative estimate of drug-likeness (QED) is 0.386. The molecule has 0 aliphatic heterocycles. The van der Waals surface area contributed by atoms with Crippen molar-refractivity contribution < 1.29 is 23.5 Å². The molecule has 0 amide bonds. The lowest BCUT2D eigenvalue weighted by atomic mass is 10.2. The van der Waals surface area contributed by atoms with E-state index in [9.17, 15) is 23.6 Å². The third-order valence-electron chi connectivity index (χ3n) is 4.24. The van der Waals surface area contributed by atoms with E-state index < -0.39 is 41.0 Å². The lowest BCUT2D eigenvalue weighted by Gasteiger charge is -2.13. The first kappa shape index (κ1) is 22.6. The Morgan fingerprint density at radius 2 is 1.97 bits per heavy atom. The van der Waals surface area contributed by atoms with Crippen molar-refractivity contribution in [3.05, 3.63) is 62.1 Å². The number of methoxy groups -OCH3 is 1. The van der Waals surface area contributed by atoms with Crippen molar-refractivity contribution in [2.24, 2.45) is 7.05 Å². The molecular formula is C20H22FN3O6. The number of nitrogens with zero attached hydrogens (tertiary/aromatic N) is 2. The van der Waals surface area contributed by atoms with Crippen molar-refractivity contribution in [1.29, 1.82) is 0 Å². The number of halogens is 1. The summed E-state index contributed by atoms with van der Waals surface area (Å²) in [5.74, 6) is -2.53. The largest absolute Gasteiger partial charge is 0.494 e. The number of rotatable bonds is 8. The number of hydrogen-bond acceptors (Lipinski definition) is 7. The van der Waals surface area contributed by atoms with E-state index >= 15 is 0 Å². The van der Waals surface area contributed by atoms with E-state index in [4.69, 9.17) is 15.2 Å². The van der Waals surface area contributed by atoms with Gasteiger partial charge in [-0.1, -0.05) is 13.0 Å². The highest BCUT2D eigenvalue weighted by atomic mass is 19.1. The number of anilines is 1. The van der Waals surface area contributed by atoms with Gasteiger partial charge >= 0.3 is 11.7 Å². The average molecular weight is 419 g/mol. The summed E-state index contributed by atoms with van der Waals surface area (Å²) in [6.07, 6.45) is 2.86. The molecule has 0 radical (unpaired) electrons. The molecule has 1 aromatic carbocycles. The van der Waals surface area contributed by atoms with Crippen LogP contribution in [0.4, 0.5) is 10.2 Å². The number of benzene rings is 1. The van der Waals surface area contributed by atoms with E-state index in [1.165, 1.54) is 32.4 Å². The standard InChI is InChI=1S/C20H22FN3O6/c1-4-9-24-18(22)17(19(27)23(2)20(24)28)14(25)11-30-16(26)8-6-12-5-7-15(29-3)13(21)10-12/h5-8,10H,4,9,11,22H2,1-3H3/b8-6+. The fourth-order valence-electron chi connectivity index (χ4n) is 2.69. The van der Waals surface area contributed by atoms with Crippen molar-refractivity contribution in [2.75, 3.05) is 19.5 Å². The molecule has 2 N–H and O–H groups in total. The van der Waals surface area contributed by atoms with E-state index in [1.54, 1.807) is 6.92 Å². The van der Waals surface area contributed by atoms with Gasteiger partial charge in [0.15, 0.2) is 18.2 Å². The molecule has 9 nitrogen and oxygen atoms in total. The molecule has 2 aromatic rings.